The fraction of sp³-hybridized carbons (Fsp3) is 0.603. The van der Waals surface area contributed by atoms with Gasteiger partial charge in [-0.2, -0.15) is 0 Å². The first-order valence-corrected chi connectivity index (χ1v) is 34.3. The van der Waals surface area contributed by atoms with Gasteiger partial charge in [0.2, 0.25) is 0 Å². The quantitative estimate of drug-likeness (QED) is 0.0211. The molecule has 2 atom stereocenters. The van der Waals surface area contributed by atoms with Crippen molar-refractivity contribution in [3.05, 3.63) is 170 Å². The first-order chi connectivity index (χ1) is 42.6. The summed E-state index contributed by atoms with van der Waals surface area (Å²) in [6, 6.07) is 0. The summed E-state index contributed by atoms with van der Waals surface area (Å²) in [4.78, 5) is 37.6. The van der Waals surface area contributed by atoms with Gasteiger partial charge in [-0.05, 0) is 128 Å². The molecule has 0 rings (SSSR count). The van der Waals surface area contributed by atoms with E-state index in [4.69, 9.17) is 18.9 Å². The number of quaternary nitrogens is 1. The summed E-state index contributed by atoms with van der Waals surface area (Å²) in [5.41, 5.74) is 0. The first kappa shape index (κ1) is 81.7. The summed E-state index contributed by atoms with van der Waals surface area (Å²) in [5.74, 6) is -2.04. The van der Waals surface area contributed by atoms with Crippen LogP contribution in [0.15, 0.2) is 170 Å². The SMILES string of the molecule is CC/C=C\C/C=C\C/C=C\C/C=C\C/C=C\C/C=C\C/C=C\C/C=C\CCCCCCCCCCCCCCC(=O)OC(COC(=O)CCCCCCCC/C=C\C/C=C\C/C=C\C/C=C\C/C=C\C/C=C\CC)COC(OCC[N+](C)(C)C)C(=O)O. The molecule has 0 saturated heterocycles. The van der Waals surface area contributed by atoms with Crippen molar-refractivity contribution in [2.75, 3.05) is 47.5 Å². The van der Waals surface area contributed by atoms with Crippen molar-refractivity contribution in [3.8, 4) is 0 Å². The van der Waals surface area contributed by atoms with Gasteiger partial charge < -0.3 is 28.5 Å². The summed E-state index contributed by atoms with van der Waals surface area (Å²) >= 11 is 0. The van der Waals surface area contributed by atoms with E-state index in [0.29, 0.717) is 17.4 Å². The summed E-state index contributed by atoms with van der Waals surface area (Å²) in [6.45, 7) is 4.61. The minimum Gasteiger partial charge on any atom is -0.477 e. The number of carboxylic acids is 1. The Balaban J connectivity index is 4.20. The third kappa shape index (κ3) is 68.0. The van der Waals surface area contributed by atoms with Crippen molar-refractivity contribution in [3.63, 3.8) is 0 Å². The minimum absolute atomic E-state index is 0.176. The molecule has 87 heavy (non-hydrogen) atoms. The minimum atomic E-state index is -1.53. The highest BCUT2D eigenvalue weighted by Crippen LogP contribution is 2.15. The lowest BCUT2D eigenvalue weighted by atomic mass is 10.0. The fourth-order valence-corrected chi connectivity index (χ4v) is 8.80. The van der Waals surface area contributed by atoms with Crippen molar-refractivity contribution in [2.24, 2.45) is 0 Å². The molecule has 0 spiro atoms. The molecule has 490 valence electrons. The molecule has 1 N–H and O–H groups in total. The number of hydrogen-bond donors (Lipinski definition) is 1. The fourth-order valence-electron chi connectivity index (χ4n) is 8.80. The second-order valence-electron chi connectivity index (χ2n) is 23.4. The average molecular weight is 1210 g/mol. The largest absolute Gasteiger partial charge is 0.477 e. The number of rotatable bonds is 61. The van der Waals surface area contributed by atoms with Crippen LogP contribution < -0.4 is 0 Å². The molecule has 0 aliphatic heterocycles. The molecular formula is C78H126NO8+. The molecule has 0 aromatic heterocycles. The molecule has 9 heteroatoms. The van der Waals surface area contributed by atoms with Gasteiger partial charge in [0, 0.05) is 12.8 Å². The van der Waals surface area contributed by atoms with Gasteiger partial charge in [0.1, 0.15) is 13.2 Å². The first-order valence-electron chi connectivity index (χ1n) is 34.3. The number of ether oxygens (including phenoxy) is 4. The molecule has 0 saturated carbocycles. The van der Waals surface area contributed by atoms with Gasteiger partial charge in [-0.3, -0.25) is 9.59 Å². The number of likely N-dealkylation sites (N-methyl/N-ethyl adjacent to an activating group) is 1. The number of carbonyl (C=O) groups is 3. The third-order valence-electron chi connectivity index (χ3n) is 14.0. The number of unbranched alkanes of at least 4 members (excludes halogenated alkanes) is 18. The molecule has 0 aromatic carbocycles. The molecular weight excluding hydrogens is 1080 g/mol. The van der Waals surface area contributed by atoms with E-state index in [-0.39, 0.29) is 38.6 Å². The van der Waals surface area contributed by atoms with Crippen LogP contribution in [-0.2, 0) is 33.3 Å². The van der Waals surface area contributed by atoms with Crippen LogP contribution in [0.3, 0.4) is 0 Å². The second kappa shape index (κ2) is 66.6. The molecule has 0 aliphatic rings. The molecule has 9 nitrogen and oxygen atoms in total. The van der Waals surface area contributed by atoms with Crippen LogP contribution in [-0.4, -0.2) is 87.4 Å². The summed E-state index contributed by atoms with van der Waals surface area (Å²) in [5, 5.41) is 9.74. The summed E-state index contributed by atoms with van der Waals surface area (Å²) in [7, 11) is 5.96. The molecule has 0 amide bonds. The van der Waals surface area contributed by atoms with Crippen molar-refractivity contribution < 1.29 is 42.9 Å². The van der Waals surface area contributed by atoms with E-state index in [2.05, 4.69) is 184 Å². The van der Waals surface area contributed by atoms with Crippen LogP contribution in [0.25, 0.3) is 0 Å². The topological polar surface area (TPSA) is 108 Å². The van der Waals surface area contributed by atoms with E-state index in [0.717, 1.165) is 154 Å². The lowest BCUT2D eigenvalue weighted by molar-refractivity contribution is -0.870. The number of hydrogen-bond acceptors (Lipinski definition) is 7. The smallest absolute Gasteiger partial charge is 0.361 e. The summed E-state index contributed by atoms with van der Waals surface area (Å²) < 4.78 is 22.9. The van der Waals surface area contributed by atoms with E-state index >= 15 is 0 Å². The lowest BCUT2D eigenvalue weighted by Gasteiger charge is -2.25. The number of carboxylic acid groups (broad SMARTS) is 1. The van der Waals surface area contributed by atoms with Gasteiger partial charge in [-0.15, -0.1) is 0 Å². The van der Waals surface area contributed by atoms with E-state index < -0.39 is 24.3 Å². The second-order valence-corrected chi connectivity index (χ2v) is 23.4. The van der Waals surface area contributed by atoms with Gasteiger partial charge in [-0.25, -0.2) is 4.79 Å². The maximum Gasteiger partial charge on any atom is 0.361 e. The van der Waals surface area contributed by atoms with Gasteiger partial charge in [0.05, 0.1) is 34.4 Å². The Morgan fingerprint density at radius 2 is 0.621 bits per heavy atom. The van der Waals surface area contributed by atoms with Crippen LogP contribution in [0, 0.1) is 0 Å². The predicted octanol–water partition coefficient (Wildman–Crippen LogP) is 21.5. The van der Waals surface area contributed by atoms with E-state index in [1.54, 1.807) is 0 Å². The van der Waals surface area contributed by atoms with Crippen LogP contribution in [0.5, 0.6) is 0 Å². The number of nitrogens with zero attached hydrogens (tertiary/aromatic N) is 1. The Morgan fingerprint density at radius 1 is 0.345 bits per heavy atom. The van der Waals surface area contributed by atoms with Crippen LogP contribution >= 0.6 is 0 Å². The summed E-state index contributed by atoms with van der Waals surface area (Å²) in [6.07, 6.45) is 97.3. The standard InChI is InChI=1S/C78H125NO8/c1-6-8-10-12-14-16-18-20-22-24-26-28-30-32-33-34-35-36-37-38-39-40-41-42-43-45-47-49-51-53-55-57-59-61-63-65-67-69-76(81)87-74(73-86-78(77(82)83)84-71-70-79(3,4)5)72-85-75(80)68-66-64-62-60-58-56-54-52-50-48-46-44-31-29-27-25-23-21-19-17-15-13-11-9-7-2/h8-11,14-17,20-23,26-29,32-33,35-36,38-39,41-42,44,46,50,52,74,78H,6-7,12-13,18-19,24-25,30-31,34,37,40,43,45,47-49,51,53-73H2,1-5H3/p+1/b10-8-,11-9-,16-14-,17-15-,22-20-,23-21-,28-26-,29-27-,33-32-,36-35-,39-38-,42-41-,46-44-,52-50-. The van der Waals surface area contributed by atoms with Crippen LogP contribution in [0.2, 0.25) is 0 Å². The van der Waals surface area contributed by atoms with Crippen LogP contribution in [0.1, 0.15) is 245 Å². The maximum absolute atomic E-state index is 12.9. The Kier molecular flexibility index (Phi) is 62.5. The molecule has 0 radical (unpaired) electrons. The van der Waals surface area contributed by atoms with Gasteiger partial charge in [0.15, 0.2) is 6.10 Å². The number of aliphatic carboxylic acids is 1. The number of esters is 2. The van der Waals surface area contributed by atoms with E-state index in [1.165, 1.54) is 57.8 Å². The molecule has 2 unspecified atom stereocenters. The molecule has 0 bridgehead atoms. The predicted molar refractivity (Wildman–Crippen MR) is 373 cm³/mol. The molecule has 0 aliphatic carbocycles. The van der Waals surface area contributed by atoms with Crippen molar-refractivity contribution in [1.29, 1.82) is 0 Å². The molecule has 0 heterocycles. The molecule has 0 fully saturated rings. The van der Waals surface area contributed by atoms with Gasteiger partial charge in [-0.1, -0.05) is 274 Å². The average Bonchev–Trinajstić information content (AvgIpc) is 3.57. The Morgan fingerprint density at radius 3 is 0.920 bits per heavy atom. The number of carbonyl (C=O) groups excluding carboxylic acids is 2. The third-order valence-corrected chi connectivity index (χ3v) is 14.0. The maximum atomic E-state index is 12.9. The Bertz CT molecular complexity index is 2030. The van der Waals surface area contributed by atoms with E-state index in [1.807, 2.05) is 21.1 Å². The number of allylic oxidation sites excluding steroid dienone is 28. The van der Waals surface area contributed by atoms with Crippen molar-refractivity contribution in [2.45, 2.75) is 257 Å². The van der Waals surface area contributed by atoms with Gasteiger partial charge in [0.25, 0.3) is 6.29 Å². The molecule has 0 aromatic rings. The Labute approximate surface area is 533 Å². The highest BCUT2D eigenvalue weighted by atomic mass is 16.7. The normalized spacial score (nSPS) is 13.8. The highest BCUT2D eigenvalue weighted by Gasteiger charge is 2.25. The van der Waals surface area contributed by atoms with E-state index in [9.17, 15) is 19.5 Å². The Hall–Kier alpha value is -5.35. The zero-order valence-electron chi connectivity index (χ0n) is 55.9. The zero-order chi connectivity index (χ0) is 63.3. The van der Waals surface area contributed by atoms with Crippen molar-refractivity contribution >= 4 is 17.9 Å². The zero-order valence-corrected chi connectivity index (χ0v) is 55.9. The van der Waals surface area contributed by atoms with Crippen molar-refractivity contribution in [1.82, 2.24) is 0 Å². The van der Waals surface area contributed by atoms with Crippen LogP contribution in [0.4, 0.5) is 0 Å². The van der Waals surface area contributed by atoms with Gasteiger partial charge >= 0.3 is 17.9 Å². The highest BCUT2D eigenvalue weighted by molar-refractivity contribution is 5.71. The monoisotopic (exact) mass is 1200 g/mol. The lowest BCUT2D eigenvalue weighted by Crippen LogP contribution is -2.40.